The number of nitrogens with one attached hydrogen (secondary N) is 1. The van der Waals surface area contributed by atoms with Crippen LogP contribution in [0.3, 0.4) is 0 Å². The van der Waals surface area contributed by atoms with Crippen molar-refractivity contribution in [1.29, 1.82) is 0 Å². The molecule has 1 fully saturated rings. The van der Waals surface area contributed by atoms with E-state index in [1.807, 2.05) is 6.07 Å². The number of nitrogens with two attached hydrogens (primary N) is 1. The van der Waals surface area contributed by atoms with Crippen molar-refractivity contribution < 1.29 is 37.4 Å². The molecule has 0 aliphatic heterocycles. The van der Waals surface area contributed by atoms with Gasteiger partial charge in [-0.2, -0.15) is 24.8 Å². The standard InChI is InChI=1S/C13H22N4O.2H3P.Y/c1-9(2)18-11-5-3-10(4-6-11)16-12-7-8-15-13(14)17-12;;;/h7-11H,3-6H2,1-2H3,(H3,14,15,16,17);2*1H3;. The second-order valence-corrected chi connectivity index (χ2v) is 5.10. The van der Waals surface area contributed by atoms with E-state index in [1.54, 1.807) is 6.20 Å². The van der Waals surface area contributed by atoms with Crippen molar-refractivity contribution in [2.45, 2.75) is 57.8 Å². The van der Waals surface area contributed by atoms with Crippen LogP contribution in [0.5, 0.6) is 0 Å². The second kappa shape index (κ2) is 12.1. The summed E-state index contributed by atoms with van der Waals surface area (Å²) in [6.07, 6.45) is 6.85. The predicted molar refractivity (Wildman–Crippen MR) is 94.5 cm³/mol. The minimum atomic E-state index is 0. The van der Waals surface area contributed by atoms with Gasteiger partial charge in [0.15, 0.2) is 0 Å². The molecular weight excluding hydrogens is 379 g/mol. The first-order chi connectivity index (χ1) is 8.63. The van der Waals surface area contributed by atoms with Crippen molar-refractivity contribution in [3.63, 3.8) is 0 Å². The first-order valence-electron chi connectivity index (χ1n) is 6.64. The van der Waals surface area contributed by atoms with Gasteiger partial charge < -0.3 is 15.8 Å². The third-order valence-corrected chi connectivity index (χ3v) is 3.17. The van der Waals surface area contributed by atoms with E-state index in [4.69, 9.17) is 10.5 Å². The van der Waals surface area contributed by atoms with Gasteiger partial charge in [-0.25, -0.2) is 4.98 Å². The van der Waals surface area contributed by atoms with E-state index in [1.165, 1.54) is 0 Å². The third-order valence-electron chi connectivity index (χ3n) is 3.17. The first kappa shape index (κ1) is 23.9. The summed E-state index contributed by atoms with van der Waals surface area (Å²) in [5.74, 6) is 1.13. The van der Waals surface area contributed by atoms with Crippen LogP contribution >= 0.6 is 19.8 Å². The summed E-state index contributed by atoms with van der Waals surface area (Å²) in [5, 5.41) is 3.41. The van der Waals surface area contributed by atoms with Gasteiger partial charge in [-0.1, -0.05) is 0 Å². The summed E-state index contributed by atoms with van der Waals surface area (Å²) >= 11 is 0. The van der Waals surface area contributed by atoms with E-state index in [9.17, 15) is 0 Å². The molecule has 0 bridgehead atoms. The van der Waals surface area contributed by atoms with Crippen LogP contribution < -0.4 is 11.1 Å². The van der Waals surface area contributed by atoms with Gasteiger partial charge in [0.2, 0.25) is 5.95 Å². The van der Waals surface area contributed by atoms with Crippen LogP contribution in [0.25, 0.3) is 0 Å². The Balaban J connectivity index is 0. The second-order valence-electron chi connectivity index (χ2n) is 5.10. The van der Waals surface area contributed by atoms with Crippen molar-refractivity contribution in [1.82, 2.24) is 9.97 Å². The zero-order valence-corrected chi connectivity index (χ0v) is 18.8. The molecule has 1 saturated carbocycles. The molecule has 1 radical (unpaired) electrons. The summed E-state index contributed by atoms with van der Waals surface area (Å²) in [7, 11) is 0. The van der Waals surface area contributed by atoms with Crippen molar-refractivity contribution in [3.05, 3.63) is 12.3 Å². The van der Waals surface area contributed by atoms with Crippen LogP contribution in [0.4, 0.5) is 11.8 Å². The Morgan fingerprint density at radius 1 is 1.24 bits per heavy atom. The molecule has 1 aliphatic rings. The fourth-order valence-electron chi connectivity index (χ4n) is 2.39. The van der Waals surface area contributed by atoms with Crippen LogP contribution in [-0.2, 0) is 37.4 Å². The topological polar surface area (TPSA) is 73.1 Å². The Kier molecular flexibility index (Phi) is 13.7. The largest absolute Gasteiger partial charge is 0.376 e. The molecule has 8 heteroatoms. The number of hydrogen-bond donors (Lipinski definition) is 2. The Bertz CT molecular complexity index is 390. The average molecular weight is 407 g/mol. The van der Waals surface area contributed by atoms with Gasteiger partial charge in [-0.3, -0.25) is 0 Å². The molecule has 5 nitrogen and oxygen atoms in total. The molecule has 21 heavy (non-hydrogen) atoms. The molecule has 119 valence electrons. The van der Waals surface area contributed by atoms with E-state index < -0.39 is 0 Å². The maximum atomic E-state index is 5.84. The van der Waals surface area contributed by atoms with Gasteiger partial charge in [0.1, 0.15) is 5.82 Å². The number of nitrogens with zero attached hydrogens (tertiary/aromatic N) is 2. The van der Waals surface area contributed by atoms with Crippen molar-refractivity contribution in [2.24, 2.45) is 0 Å². The fourth-order valence-corrected chi connectivity index (χ4v) is 2.39. The molecule has 0 spiro atoms. The monoisotopic (exact) mass is 407 g/mol. The van der Waals surface area contributed by atoms with Crippen LogP contribution in [0.1, 0.15) is 39.5 Å². The van der Waals surface area contributed by atoms with Gasteiger partial charge in [0.05, 0.1) is 12.2 Å². The van der Waals surface area contributed by atoms with Crippen LogP contribution in [0.15, 0.2) is 12.3 Å². The van der Waals surface area contributed by atoms with Crippen molar-refractivity contribution in [2.75, 3.05) is 11.1 Å². The van der Waals surface area contributed by atoms with Gasteiger partial charge in [0.25, 0.3) is 0 Å². The Labute approximate surface area is 159 Å². The third kappa shape index (κ3) is 8.72. The maximum Gasteiger partial charge on any atom is 0.221 e. The van der Waals surface area contributed by atoms with E-state index >= 15 is 0 Å². The number of ether oxygens (including phenoxy) is 1. The minimum absolute atomic E-state index is 0. The van der Waals surface area contributed by atoms with Gasteiger partial charge in [0, 0.05) is 44.9 Å². The normalized spacial score (nSPS) is 20.7. The molecule has 1 heterocycles. The Morgan fingerprint density at radius 3 is 2.38 bits per heavy atom. The number of anilines is 2. The van der Waals surface area contributed by atoms with Gasteiger partial charge >= 0.3 is 0 Å². The van der Waals surface area contributed by atoms with E-state index in [0.717, 1.165) is 31.5 Å². The summed E-state index contributed by atoms with van der Waals surface area (Å²) in [5.41, 5.74) is 5.56. The molecule has 0 aromatic carbocycles. The summed E-state index contributed by atoms with van der Waals surface area (Å²) in [6, 6.07) is 2.32. The summed E-state index contributed by atoms with van der Waals surface area (Å²) < 4.78 is 5.84. The maximum absolute atomic E-state index is 5.84. The summed E-state index contributed by atoms with van der Waals surface area (Å²) in [6.45, 7) is 4.18. The Morgan fingerprint density at radius 2 is 1.86 bits per heavy atom. The fraction of sp³-hybridized carbons (Fsp3) is 0.692. The van der Waals surface area contributed by atoms with Crippen LogP contribution in [0.2, 0.25) is 0 Å². The minimum Gasteiger partial charge on any atom is -0.376 e. The number of aromatic nitrogens is 2. The number of hydrogen-bond acceptors (Lipinski definition) is 5. The Hall–Kier alpha value is 0.604. The molecule has 1 aliphatic carbocycles. The molecule has 1 aromatic rings. The number of rotatable bonds is 4. The van der Waals surface area contributed by atoms with Gasteiger partial charge in [-0.15, -0.1) is 0 Å². The predicted octanol–water partition coefficient (Wildman–Crippen LogP) is 2.32. The molecule has 0 saturated heterocycles. The molecule has 2 unspecified atom stereocenters. The SMILES string of the molecule is CC(C)OC1CCC(Nc2ccnc(N)n2)CC1.P.P.[Y]. The van der Waals surface area contributed by atoms with Crippen LogP contribution in [-0.4, -0.2) is 28.2 Å². The zero-order valence-electron chi connectivity index (χ0n) is 13.1. The molecule has 0 amide bonds. The molecule has 1 aromatic heterocycles. The van der Waals surface area contributed by atoms with Crippen molar-refractivity contribution in [3.8, 4) is 0 Å². The molecular formula is C13H28N4OP2Y. The zero-order chi connectivity index (χ0) is 13.0. The van der Waals surface area contributed by atoms with E-state index in [0.29, 0.717) is 24.2 Å². The summed E-state index contributed by atoms with van der Waals surface area (Å²) in [4.78, 5) is 8.04. The molecule has 2 rings (SSSR count). The van der Waals surface area contributed by atoms with E-state index in [-0.39, 0.29) is 52.5 Å². The average Bonchev–Trinajstić information content (AvgIpc) is 2.31. The smallest absolute Gasteiger partial charge is 0.221 e. The molecule has 2 atom stereocenters. The first-order valence-corrected chi connectivity index (χ1v) is 6.64. The van der Waals surface area contributed by atoms with Crippen molar-refractivity contribution >= 4 is 31.6 Å². The van der Waals surface area contributed by atoms with E-state index in [2.05, 4.69) is 29.1 Å². The molecule has 3 N–H and O–H groups in total. The quantitative estimate of drug-likeness (QED) is 0.750. The number of nitrogen functional groups attached to an aromatic ring is 1. The van der Waals surface area contributed by atoms with Gasteiger partial charge in [-0.05, 0) is 45.6 Å². The van der Waals surface area contributed by atoms with Crippen LogP contribution in [0, 0.1) is 0 Å².